The summed E-state index contributed by atoms with van der Waals surface area (Å²) in [4.78, 5) is 14.7. The number of hydrogen-bond donors (Lipinski definition) is 1. The Bertz CT molecular complexity index is 934. The van der Waals surface area contributed by atoms with Gasteiger partial charge in [-0.05, 0) is 68.7 Å². The average Bonchev–Trinajstić information content (AvgIpc) is 2.98. The van der Waals surface area contributed by atoms with Gasteiger partial charge in [0.2, 0.25) is 0 Å². The minimum atomic E-state index is -3.44. The Balaban J connectivity index is 1.44. The van der Waals surface area contributed by atoms with E-state index in [1.807, 2.05) is 0 Å². The molecule has 1 amide bonds. The van der Waals surface area contributed by atoms with Crippen molar-refractivity contribution in [3.8, 4) is 0 Å². The predicted molar refractivity (Wildman–Crippen MR) is 118 cm³/mol. The number of furan rings is 1. The lowest BCUT2D eigenvalue weighted by atomic mass is 10.2. The molecule has 164 valence electrons. The quantitative estimate of drug-likeness (QED) is 0.580. The molecule has 1 aliphatic heterocycles. The minimum absolute atomic E-state index is 0.133. The molecule has 0 saturated carbocycles. The second-order valence-electron chi connectivity index (χ2n) is 7.79. The number of rotatable bonds is 9. The highest BCUT2D eigenvalue weighted by Gasteiger charge is 2.18. The highest BCUT2D eigenvalue weighted by Crippen LogP contribution is 2.18. The van der Waals surface area contributed by atoms with Crippen LogP contribution in [-0.2, 0) is 21.3 Å². The summed E-state index contributed by atoms with van der Waals surface area (Å²) in [6, 6.07) is 9.83. The Kier molecular flexibility index (Phi) is 8.36. The van der Waals surface area contributed by atoms with Crippen molar-refractivity contribution < 1.29 is 17.6 Å². The summed E-state index contributed by atoms with van der Waals surface area (Å²) < 4.78 is 30.4. The number of carbonyl (C=O) groups is 1. The highest BCUT2D eigenvalue weighted by molar-refractivity contribution is 7.89. The molecule has 1 fully saturated rings. The summed E-state index contributed by atoms with van der Waals surface area (Å²) in [5.41, 5.74) is 0.622. The fourth-order valence-electron chi connectivity index (χ4n) is 3.68. The molecule has 0 radical (unpaired) electrons. The standard InChI is InChI=1S/C22H29ClN2O4S/c23-19-8-5-7-18(15-19)16-30(27,28)17-20-9-10-21(29-20)22(26)24-11-6-14-25-12-3-1-2-4-13-25/h5,7-10,15H,1-4,6,11-14,16-17H2,(H,24,26). The zero-order valence-electron chi connectivity index (χ0n) is 17.1. The zero-order valence-corrected chi connectivity index (χ0v) is 18.7. The minimum Gasteiger partial charge on any atom is -0.455 e. The molecule has 8 heteroatoms. The molecule has 3 rings (SSSR count). The first-order valence-electron chi connectivity index (χ1n) is 10.5. The van der Waals surface area contributed by atoms with E-state index in [-0.39, 0.29) is 28.9 Å². The van der Waals surface area contributed by atoms with Crippen molar-refractivity contribution in [3.05, 3.63) is 58.5 Å². The van der Waals surface area contributed by atoms with Crippen molar-refractivity contribution in [2.45, 2.75) is 43.6 Å². The van der Waals surface area contributed by atoms with E-state index >= 15 is 0 Å². The fraction of sp³-hybridized carbons (Fsp3) is 0.500. The number of nitrogens with zero attached hydrogens (tertiary/aromatic N) is 1. The molecular weight excluding hydrogens is 424 g/mol. The van der Waals surface area contributed by atoms with Crippen molar-refractivity contribution in [3.63, 3.8) is 0 Å². The van der Waals surface area contributed by atoms with Gasteiger partial charge in [0.05, 0.1) is 5.75 Å². The molecule has 2 heterocycles. The van der Waals surface area contributed by atoms with Crippen LogP contribution >= 0.6 is 11.6 Å². The fourth-order valence-corrected chi connectivity index (χ4v) is 5.27. The Morgan fingerprint density at radius 3 is 2.57 bits per heavy atom. The van der Waals surface area contributed by atoms with Crippen LogP contribution in [0.2, 0.25) is 5.02 Å². The lowest BCUT2D eigenvalue weighted by molar-refractivity contribution is 0.0922. The van der Waals surface area contributed by atoms with E-state index in [0.29, 0.717) is 17.1 Å². The third-order valence-corrected chi connectivity index (χ3v) is 6.89. The molecule has 0 unspecified atom stereocenters. The van der Waals surface area contributed by atoms with E-state index in [2.05, 4.69) is 10.2 Å². The van der Waals surface area contributed by atoms with Crippen LogP contribution in [0.3, 0.4) is 0 Å². The number of sulfone groups is 1. The van der Waals surface area contributed by atoms with Crippen molar-refractivity contribution in [1.29, 1.82) is 0 Å². The molecule has 1 saturated heterocycles. The van der Waals surface area contributed by atoms with E-state index in [0.717, 1.165) is 26.1 Å². The van der Waals surface area contributed by atoms with Gasteiger partial charge in [0, 0.05) is 11.6 Å². The first-order chi connectivity index (χ1) is 14.4. The Morgan fingerprint density at radius 2 is 1.83 bits per heavy atom. The van der Waals surface area contributed by atoms with Crippen molar-refractivity contribution in [1.82, 2.24) is 10.2 Å². The number of halogens is 1. The average molecular weight is 453 g/mol. The Morgan fingerprint density at radius 1 is 1.07 bits per heavy atom. The van der Waals surface area contributed by atoms with E-state index < -0.39 is 9.84 Å². The summed E-state index contributed by atoms with van der Waals surface area (Å²) in [5.74, 6) is -0.317. The maximum absolute atomic E-state index is 12.4. The van der Waals surface area contributed by atoms with Gasteiger partial charge in [0.15, 0.2) is 15.6 Å². The van der Waals surface area contributed by atoms with Crippen LogP contribution < -0.4 is 5.32 Å². The lowest BCUT2D eigenvalue weighted by Crippen LogP contribution is -2.30. The van der Waals surface area contributed by atoms with Gasteiger partial charge in [-0.25, -0.2) is 8.42 Å². The van der Waals surface area contributed by atoms with E-state index in [1.54, 1.807) is 30.3 Å². The summed E-state index contributed by atoms with van der Waals surface area (Å²) in [5, 5.41) is 3.35. The van der Waals surface area contributed by atoms with Gasteiger partial charge in [-0.1, -0.05) is 36.6 Å². The molecule has 1 aliphatic rings. The smallest absolute Gasteiger partial charge is 0.286 e. The van der Waals surface area contributed by atoms with Gasteiger partial charge in [0.25, 0.3) is 5.91 Å². The molecule has 1 aromatic carbocycles. The van der Waals surface area contributed by atoms with Gasteiger partial charge in [-0.2, -0.15) is 0 Å². The molecule has 2 aromatic rings. The number of carbonyl (C=O) groups excluding carboxylic acids is 1. The van der Waals surface area contributed by atoms with Crippen molar-refractivity contribution in [2.24, 2.45) is 0 Å². The van der Waals surface area contributed by atoms with Gasteiger partial charge < -0.3 is 14.6 Å². The highest BCUT2D eigenvalue weighted by atomic mass is 35.5. The largest absolute Gasteiger partial charge is 0.455 e. The summed E-state index contributed by atoms with van der Waals surface area (Å²) in [7, 11) is -3.44. The van der Waals surface area contributed by atoms with Crippen LogP contribution in [0.1, 0.15) is 54.0 Å². The molecule has 0 bridgehead atoms. The van der Waals surface area contributed by atoms with Crippen molar-refractivity contribution in [2.75, 3.05) is 26.2 Å². The second-order valence-corrected chi connectivity index (χ2v) is 10.3. The van der Waals surface area contributed by atoms with E-state index in [4.69, 9.17) is 16.0 Å². The van der Waals surface area contributed by atoms with Crippen LogP contribution in [0, 0.1) is 0 Å². The van der Waals surface area contributed by atoms with Crippen LogP contribution in [0.15, 0.2) is 40.8 Å². The number of benzene rings is 1. The zero-order chi connectivity index (χ0) is 21.4. The van der Waals surface area contributed by atoms with Crippen LogP contribution in [-0.4, -0.2) is 45.4 Å². The number of hydrogen-bond acceptors (Lipinski definition) is 5. The first kappa shape index (κ1) is 22.8. The van der Waals surface area contributed by atoms with E-state index in [9.17, 15) is 13.2 Å². The van der Waals surface area contributed by atoms with Gasteiger partial charge >= 0.3 is 0 Å². The monoisotopic (exact) mass is 452 g/mol. The Hall–Kier alpha value is -1.83. The number of nitrogens with one attached hydrogen (secondary N) is 1. The molecular formula is C22H29ClN2O4S. The van der Waals surface area contributed by atoms with Crippen molar-refractivity contribution >= 4 is 27.3 Å². The van der Waals surface area contributed by atoms with E-state index in [1.165, 1.54) is 31.7 Å². The lowest BCUT2D eigenvalue weighted by Gasteiger charge is -2.19. The number of likely N-dealkylation sites (tertiary alicyclic amines) is 1. The third kappa shape index (κ3) is 7.45. The summed E-state index contributed by atoms with van der Waals surface area (Å²) >= 11 is 5.92. The SMILES string of the molecule is O=C(NCCCN1CCCCCC1)c1ccc(CS(=O)(=O)Cc2cccc(Cl)c2)o1. The summed E-state index contributed by atoms with van der Waals surface area (Å²) in [6.45, 7) is 3.82. The summed E-state index contributed by atoms with van der Waals surface area (Å²) in [6.07, 6.45) is 6.00. The number of amides is 1. The van der Waals surface area contributed by atoms with Gasteiger partial charge in [-0.15, -0.1) is 0 Å². The molecule has 1 N–H and O–H groups in total. The Labute approximate surface area is 183 Å². The second kappa shape index (κ2) is 11.0. The van der Waals surface area contributed by atoms with Gasteiger partial charge in [0.1, 0.15) is 11.5 Å². The maximum Gasteiger partial charge on any atom is 0.286 e. The third-order valence-electron chi connectivity index (χ3n) is 5.16. The molecule has 0 spiro atoms. The molecule has 6 nitrogen and oxygen atoms in total. The topological polar surface area (TPSA) is 79.6 Å². The molecule has 30 heavy (non-hydrogen) atoms. The molecule has 0 aliphatic carbocycles. The normalized spacial score (nSPS) is 15.6. The van der Waals surface area contributed by atoms with Crippen LogP contribution in [0.25, 0.3) is 0 Å². The van der Waals surface area contributed by atoms with Crippen LogP contribution in [0.4, 0.5) is 0 Å². The first-order valence-corrected chi connectivity index (χ1v) is 12.7. The molecule has 0 atom stereocenters. The predicted octanol–water partition coefficient (Wildman–Crippen LogP) is 4.04. The molecule has 1 aromatic heterocycles. The van der Waals surface area contributed by atoms with Gasteiger partial charge in [-0.3, -0.25) is 4.79 Å². The van der Waals surface area contributed by atoms with Crippen LogP contribution in [0.5, 0.6) is 0 Å². The maximum atomic E-state index is 12.4.